The Bertz CT molecular complexity index is 399. The predicted octanol–water partition coefficient (Wildman–Crippen LogP) is -9.02. The minimum absolute atomic E-state index is 0. The molecule has 24 heavy (non-hydrogen) atoms. The Morgan fingerprint density at radius 2 is 1.54 bits per heavy atom. The van der Waals surface area contributed by atoms with Crippen molar-refractivity contribution in [1.82, 2.24) is 0 Å². The van der Waals surface area contributed by atoms with Crippen molar-refractivity contribution in [2.24, 2.45) is 0 Å². The third kappa shape index (κ3) is 3.79. The van der Waals surface area contributed by atoms with Gasteiger partial charge in [-0.3, -0.25) is 0 Å². The molecule has 0 radical (unpaired) electrons. The van der Waals surface area contributed by atoms with E-state index < -0.39 is 74.6 Å². The van der Waals surface area contributed by atoms with Gasteiger partial charge in [0.2, 0.25) is 5.79 Å². The van der Waals surface area contributed by atoms with E-state index in [1.807, 2.05) is 0 Å². The van der Waals surface area contributed by atoms with Crippen LogP contribution in [0.15, 0.2) is 0 Å². The molecule has 0 aromatic rings. The summed E-state index contributed by atoms with van der Waals surface area (Å²) in [6.45, 7) is -2.60. The summed E-state index contributed by atoms with van der Waals surface area (Å²) in [5.41, 5.74) is 0. The molecule has 9 atom stereocenters. The van der Waals surface area contributed by atoms with Crippen LogP contribution in [-0.4, -0.2) is 110 Å². The third-order valence-corrected chi connectivity index (χ3v) is 4.05. The number of hydrogen-bond acceptors (Lipinski definition) is 11. The Kier molecular flexibility index (Phi) is 8.04. The number of ether oxygens (including phenoxy) is 3. The zero-order valence-electron chi connectivity index (χ0n) is 13.0. The van der Waals surface area contributed by atoms with Gasteiger partial charge in [0.05, 0.1) is 12.7 Å². The SMILES string of the molecule is [Li+].[O-]C[C@H]1O[C@H](O[C@]2(CO)O[C@H](CO)[C@@H](O)[C@@H]2O)[C@H](O)[C@@H](O)[C@@H]1O. The summed E-state index contributed by atoms with van der Waals surface area (Å²) in [6, 6.07) is 0. The molecule has 0 aromatic heterocycles. The molecule has 0 aromatic carbocycles. The Labute approximate surface area is 149 Å². The van der Waals surface area contributed by atoms with Crippen LogP contribution < -0.4 is 24.0 Å². The van der Waals surface area contributed by atoms with E-state index in [0.717, 1.165) is 0 Å². The fourth-order valence-electron chi connectivity index (χ4n) is 2.62. The predicted molar refractivity (Wildman–Crippen MR) is 66.4 cm³/mol. The van der Waals surface area contributed by atoms with Crippen LogP contribution in [0.4, 0.5) is 0 Å². The molecule has 2 heterocycles. The standard InChI is InChI=1S/C12H21O11.Li/c13-1-4-6(16)8(18)9(19)11(21-4)23-12(3-15)10(20)7(17)5(2-14)22-12;/h4-11,14-20H,1-3H2;/q-1;+1/t4-,5-,6-,7-,8+,9-,10+,11-,12+;/m1./s1. The van der Waals surface area contributed by atoms with E-state index >= 15 is 0 Å². The molecule has 7 N–H and O–H groups in total. The van der Waals surface area contributed by atoms with Gasteiger partial charge >= 0.3 is 18.9 Å². The van der Waals surface area contributed by atoms with Crippen molar-refractivity contribution in [3.63, 3.8) is 0 Å². The number of rotatable bonds is 5. The van der Waals surface area contributed by atoms with Gasteiger partial charge in [-0.05, 0) is 0 Å². The smallest absolute Gasteiger partial charge is 0.853 e. The molecule has 12 heteroatoms. The number of hydrogen-bond donors (Lipinski definition) is 7. The van der Waals surface area contributed by atoms with Gasteiger partial charge in [0.1, 0.15) is 43.2 Å². The van der Waals surface area contributed by atoms with Gasteiger partial charge in [-0.2, -0.15) is 0 Å². The summed E-state index contributed by atoms with van der Waals surface area (Å²) in [7, 11) is 0. The van der Waals surface area contributed by atoms with Crippen LogP contribution in [0.1, 0.15) is 0 Å². The molecule has 2 aliphatic heterocycles. The summed E-state index contributed by atoms with van der Waals surface area (Å²) in [5, 5.41) is 78.4. The first-order valence-corrected chi connectivity index (χ1v) is 7.02. The maximum Gasteiger partial charge on any atom is 1.00 e. The van der Waals surface area contributed by atoms with Crippen LogP contribution in [0.2, 0.25) is 0 Å². The first-order valence-electron chi connectivity index (χ1n) is 7.02. The summed E-state index contributed by atoms with van der Waals surface area (Å²) in [5.74, 6) is -2.24. The molecule has 11 nitrogen and oxygen atoms in total. The number of aliphatic hydroxyl groups excluding tert-OH is 7. The zero-order valence-corrected chi connectivity index (χ0v) is 13.0. The van der Waals surface area contributed by atoms with Gasteiger partial charge in [0.15, 0.2) is 6.29 Å². The molecule has 0 aliphatic carbocycles. The average Bonchev–Trinajstić information content (AvgIpc) is 2.80. The van der Waals surface area contributed by atoms with Gasteiger partial charge in [0.25, 0.3) is 0 Å². The maximum absolute atomic E-state index is 11.0. The van der Waals surface area contributed by atoms with Gasteiger partial charge in [-0.25, -0.2) is 0 Å². The largest absolute Gasteiger partial charge is 1.00 e. The summed E-state index contributed by atoms with van der Waals surface area (Å²) < 4.78 is 15.3. The van der Waals surface area contributed by atoms with Gasteiger partial charge in [-0.1, -0.05) is 0 Å². The third-order valence-electron chi connectivity index (χ3n) is 4.05. The van der Waals surface area contributed by atoms with E-state index in [2.05, 4.69) is 0 Å². The molecular weight excluding hydrogens is 327 g/mol. The Hall–Kier alpha value is 0.157. The van der Waals surface area contributed by atoms with Crippen LogP contribution in [0, 0.1) is 0 Å². The number of aliphatic hydroxyl groups is 7. The van der Waals surface area contributed by atoms with Crippen molar-refractivity contribution >= 4 is 0 Å². The molecule has 2 saturated heterocycles. The van der Waals surface area contributed by atoms with Gasteiger partial charge in [0, 0.05) is 0 Å². The summed E-state index contributed by atoms with van der Waals surface area (Å²) in [4.78, 5) is 0. The van der Waals surface area contributed by atoms with E-state index in [1.165, 1.54) is 0 Å². The normalized spacial score (nSPS) is 49.0. The Balaban J connectivity index is 0.00000288. The van der Waals surface area contributed by atoms with Crippen LogP contribution in [-0.2, 0) is 14.2 Å². The van der Waals surface area contributed by atoms with Crippen LogP contribution >= 0.6 is 0 Å². The van der Waals surface area contributed by atoms with Crippen molar-refractivity contribution < 1.29 is 73.9 Å². The molecule has 136 valence electrons. The molecule has 0 bridgehead atoms. The van der Waals surface area contributed by atoms with E-state index in [4.69, 9.17) is 19.3 Å². The average molecular weight is 348 g/mol. The van der Waals surface area contributed by atoms with E-state index in [1.54, 1.807) is 0 Å². The quantitative estimate of drug-likeness (QED) is 0.233. The molecule has 2 fully saturated rings. The van der Waals surface area contributed by atoms with Gasteiger partial charge < -0.3 is 55.1 Å². The topological polar surface area (TPSA) is 192 Å². The van der Waals surface area contributed by atoms with E-state index in [-0.39, 0.29) is 18.9 Å². The molecule has 0 unspecified atom stereocenters. The fourth-order valence-corrected chi connectivity index (χ4v) is 2.62. The molecule has 0 spiro atoms. The first-order chi connectivity index (χ1) is 10.8. The molecule has 0 amide bonds. The van der Waals surface area contributed by atoms with E-state index in [0.29, 0.717) is 0 Å². The summed E-state index contributed by atoms with van der Waals surface area (Å²) in [6.07, 6.45) is -13.0. The second kappa shape index (κ2) is 8.70. The van der Waals surface area contributed by atoms with Crippen LogP contribution in [0.5, 0.6) is 0 Å². The minimum atomic E-state index is -2.24. The molecule has 0 saturated carbocycles. The maximum atomic E-state index is 11.0. The van der Waals surface area contributed by atoms with Crippen LogP contribution in [0.25, 0.3) is 0 Å². The fraction of sp³-hybridized carbons (Fsp3) is 1.00. The van der Waals surface area contributed by atoms with Crippen molar-refractivity contribution in [3.8, 4) is 0 Å². The Morgan fingerprint density at radius 1 is 0.917 bits per heavy atom. The minimum Gasteiger partial charge on any atom is -0.853 e. The summed E-state index contributed by atoms with van der Waals surface area (Å²) >= 11 is 0. The monoisotopic (exact) mass is 348 g/mol. The van der Waals surface area contributed by atoms with Crippen molar-refractivity contribution in [2.75, 3.05) is 19.8 Å². The zero-order chi connectivity index (χ0) is 17.4. The van der Waals surface area contributed by atoms with Crippen LogP contribution in [0.3, 0.4) is 0 Å². The molecule has 2 rings (SSSR count). The van der Waals surface area contributed by atoms with Crippen molar-refractivity contribution in [1.29, 1.82) is 0 Å². The Morgan fingerprint density at radius 3 is 2.00 bits per heavy atom. The van der Waals surface area contributed by atoms with E-state index in [9.17, 15) is 35.7 Å². The molecule has 2 aliphatic rings. The second-order valence-corrected chi connectivity index (χ2v) is 5.54. The van der Waals surface area contributed by atoms with Crippen molar-refractivity contribution in [3.05, 3.63) is 0 Å². The van der Waals surface area contributed by atoms with Gasteiger partial charge in [-0.15, -0.1) is 6.61 Å². The second-order valence-electron chi connectivity index (χ2n) is 5.54. The first kappa shape index (κ1) is 22.2. The molecular formula is C12H21LiO11. The van der Waals surface area contributed by atoms with Crippen molar-refractivity contribution in [2.45, 2.75) is 54.8 Å².